The predicted octanol–water partition coefficient (Wildman–Crippen LogP) is 5.92. The first-order valence-corrected chi connectivity index (χ1v) is 12.9. The SMILES string of the molecule is CCOC(=O)c1ccc2c(c1)[C@@H]1CCC[C@H]3[C@@H]1[C@H](C(=O)N3Cc1ccccc1)[C@@H]2c1ccccc1. The van der Waals surface area contributed by atoms with E-state index in [2.05, 4.69) is 53.4 Å². The van der Waals surface area contributed by atoms with Gasteiger partial charge in [0.05, 0.1) is 18.1 Å². The van der Waals surface area contributed by atoms with Gasteiger partial charge in [-0.25, -0.2) is 4.79 Å². The van der Waals surface area contributed by atoms with Crippen LogP contribution in [0.4, 0.5) is 0 Å². The fourth-order valence-electron chi connectivity index (χ4n) is 7.04. The Bertz CT molecular complexity index is 1240. The molecule has 4 heteroatoms. The highest BCUT2D eigenvalue weighted by molar-refractivity contribution is 5.90. The third-order valence-electron chi connectivity index (χ3n) is 8.35. The van der Waals surface area contributed by atoms with Gasteiger partial charge in [0.2, 0.25) is 5.91 Å². The summed E-state index contributed by atoms with van der Waals surface area (Å²) in [6, 6.07) is 27.1. The molecule has 1 saturated heterocycles. The summed E-state index contributed by atoms with van der Waals surface area (Å²) in [6.45, 7) is 2.86. The van der Waals surface area contributed by atoms with Crippen molar-refractivity contribution in [2.45, 2.75) is 50.6 Å². The van der Waals surface area contributed by atoms with Gasteiger partial charge in [-0.2, -0.15) is 0 Å². The normalized spacial score (nSPS) is 26.7. The van der Waals surface area contributed by atoms with Crippen LogP contribution in [0.3, 0.4) is 0 Å². The second kappa shape index (κ2) is 8.99. The lowest BCUT2D eigenvalue weighted by atomic mass is 9.58. The van der Waals surface area contributed by atoms with Crippen LogP contribution >= 0.6 is 0 Å². The average molecular weight is 466 g/mol. The topological polar surface area (TPSA) is 46.6 Å². The van der Waals surface area contributed by atoms with Gasteiger partial charge < -0.3 is 9.64 Å². The lowest BCUT2D eigenvalue weighted by Gasteiger charge is -2.45. The molecule has 3 aromatic carbocycles. The Morgan fingerprint density at radius 2 is 1.69 bits per heavy atom. The third kappa shape index (κ3) is 3.67. The molecular formula is C31H31NO3. The van der Waals surface area contributed by atoms with Crippen LogP contribution in [-0.2, 0) is 16.1 Å². The lowest BCUT2D eigenvalue weighted by Crippen LogP contribution is -2.41. The van der Waals surface area contributed by atoms with E-state index in [9.17, 15) is 9.59 Å². The molecule has 0 spiro atoms. The zero-order valence-corrected chi connectivity index (χ0v) is 20.1. The van der Waals surface area contributed by atoms with E-state index in [1.165, 1.54) is 22.3 Å². The van der Waals surface area contributed by atoms with Crippen molar-refractivity contribution >= 4 is 11.9 Å². The first-order chi connectivity index (χ1) is 17.2. The van der Waals surface area contributed by atoms with Crippen LogP contribution in [0, 0.1) is 11.8 Å². The maximum absolute atomic E-state index is 14.2. The number of amides is 1. The molecule has 6 rings (SSSR count). The van der Waals surface area contributed by atoms with E-state index in [4.69, 9.17) is 4.74 Å². The molecule has 0 aromatic heterocycles. The standard InChI is InChI=1S/C31H31NO3/c1-2-35-31(34)22-16-17-24-25(18-22)23-14-9-15-26-28(23)29(27(24)21-12-7-4-8-13-21)30(33)32(26)19-20-10-5-3-6-11-20/h3-8,10-13,16-18,23,26-29H,2,9,14-15,19H2,1H3/t23-,26-,27+,28+,29+/m0/s1. The number of carbonyl (C=O) groups excluding carboxylic acids is 2. The molecule has 1 saturated carbocycles. The molecule has 0 N–H and O–H groups in total. The number of hydrogen-bond acceptors (Lipinski definition) is 3. The van der Waals surface area contributed by atoms with E-state index >= 15 is 0 Å². The van der Waals surface area contributed by atoms with Gasteiger partial charge in [0.15, 0.2) is 0 Å². The van der Waals surface area contributed by atoms with E-state index in [1.807, 2.05) is 37.3 Å². The highest BCUT2D eigenvalue weighted by Crippen LogP contribution is 2.59. The number of likely N-dealkylation sites (tertiary alicyclic amines) is 1. The van der Waals surface area contributed by atoms with Crippen LogP contribution in [0.5, 0.6) is 0 Å². The molecule has 3 aliphatic rings. The summed E-state index contributed by atoms with van der Waals surface area (Å²) in [4.78, 5) is 29.0. The number of benzene rings is 3. The summed E-state index contributed by atoms with van der Waals surface area (Å²) < 4.78 is 5.32. The van der Waals surface area contributed by atoms with Gasteiger partial charge in [-0.05, 0) is 66.0 Å². The Morgan fingerprint density at radius 3 is 2.43 bits per heavy atom. The molecule has 2 fully saturated rings. The number of esters is 1. The number of hydrogen-bond donors (Lipinski definition) is 0. The summed E-state index contributed by atoms with van der Waals surface area (Å²) in [5.41, 5.74) is 5.42. The van der Waals surface area contributed by atoms with Crippen LogP contribution in [0.25, 0.3) is 0 Å². The molecule has 1 aliphatic heterocycles. The van der Waals surface area contributed by atoms with Gasteiger partial charge in [0, 0.05) is 18.5 Å². The molecule has 178 valence electrons. The van der Waals surface area contributed by atoms with Crippen LogP contribution in [0.1, 0.15) is 70.6 Å². The summed E-state index contributed by atoms with van der Waals surface area (Å²) >= 11 is 0. The van der Waals surface area contributed by atoms with Crippen LogP contribution in [0.2, 0.25) is 0 Å². The fraction of sp³-hybridized carbons (Fsp3) is 0.355. The minimum absolute atomic E-state index is 0.00225. The molecule has 2 aliphatic carbocycles. The minimum Gasteiger partial charge on any atom is -0.462 e. The smallest absolute Gasteiger partial charge is 0.338 e. The minimum atomic E-state index is -0.269. The molecule has 5 atom stereocenters. The summed E-state index contributed by atoms with van der Waals surface area (Å²) in [5, 5.41) is 0. The van der Waals surface area contributed by atoms with Crippen LogP contribution in [-0.4, -0.2) is 29.4 Å². The van der Waals surface area contributed by atoms with Crippen molar-refractivity contribution in [2.75, 3.05) is 6.61 Å². The summed E-state index contributed by atoms with van der Waals surface area (Å²) in [7, 11) is 0. The zero-order valence-electron chi connectivity index (χ0n) is 20.1. The molecule has 1 amide bonds. The number of carbonyl (C=O) groups is 2. The second-order valence-corrected chi connectivity index (χ2v) is 10.1. The Hall–Kier alpha value is -3.40. The predicted molar refractivity (Wildman–Crippen MR) is 135 cm³/mol. The molecule has 4 nitrogen and oxygen atoms in total. The van der Waals surface area contributed by atoms with Crippen LogP contribution in [0.15, 0.2) is 78.9 Å². The maximum atomic E-state index is 14.2. The van der Waals surface area contributed by atoms with E-state index in [0.29, 0.717) is 18.7 Å². The average Bonchev–Trinajstić information content (AvgIpc) is 3.17. The maximum Gasteiger partial charge on any atom is 0.338 e. The first kappa shape index (κ1) is 22.1. The van der Waals surface area contributed by atoms with Crippen molar-refractivity contribution in [2.24, 2.45) is 11.8 Å². The van der Waals surface area contributed by atoms with Crippen molar-refractivity contribution in [1.82, 2.24) is 4.90 Å². The fourth-order valence-corrected chi connectivity index (χ4v) is 7.04. The zero-order chi connectivity index (χ0) is 23.9. The third-order valence-corrected chi connectivity index (χ3v) is 8.35. The molecule has 1 heterocycles. The van der Waals surface area contributed by atoms with E-state index in [1.54, 1.807) is 0 Å². The molecule has 0 bridgehead atoms. The molecule has 0 radical (unpaired) electrons. The van der Waals surface area contributed by atoms with Gasteiger partial charge in [-0.15, -0.1) is 0 Å². The van der Waals surface area contributed by atoms with Gasteiger partial charge in [0.25, 0.3) is 0 Å². The van der Waals surface area contributed by atoms with E-state index in [-0.39, 0.29) is 41.6 Å². The Morgan fingerprint density at radius 1 is 0.943 bits per heavy atom. The number of fused-ring (bicyclic) bond motifs is 2. The number of rotatable bonds is 5. The van der Waals surface area contributed by atoms with Gasteiger partial charge in [-0.1, -0.05) is 73.2 Å². The molecule has 3 aromatic rings. The Balaban J connectivity index is 1.48. The highest BCUT2D eigenvalue weighted by atomic mass is 16.5. The molecule has 0 unspecified atom stereocenters. The number of ether oxygens (including phenoxy) is 1. The van der Waals surface area contributed by atoms with Gasteiger partial charge in [-0.3, -0.25) is 4.79 Å². The molecule has 35 heavy (non-hydrogen) atoms. The van der Waals surface area contributed by atoms with Crippen molar-refractivity contribution in [3.8, 4) is 0 Å². The van der Waals surface area contributed by atoms with Crippen molar-refractivity contribution in [3.05, 3.63) is 107 Å². The van der Waals surface area contributed by atoms with Gasteiger partial charge in [0.1, 0.15) is 0 Å². The summed E-state index contributed by atoms with van der Waals surface area (Å²) in [6.07, 6.45) is 3.20. The van der Waals surface area contributed by atoms with Crippen molar-refractivity contribution in [1.29, 1.82) is 0 Å². The first-order valence-electron chi connectivity index (χ1n) is 12.9. The van der Waals surface area contributed by atoms with Gasteiger partial charge >= 0.3 is 5.97 Å². The largest absolute Gasteiger partial charge is 0.462 e. The Labute approximate surface area is 206 Å². The quantitative estimate of drug-likeness (QED) is 0.440. The number of nitrogens with zero attached hydrogens (tertiary/aromatic N) is 1. The van der Waals surface area contributed by atoms with Crippen molar-refractivity contribution < 1.29 is 14.3 Å². The monoisotopic (exact) mass is 465 g/mol. The van der Waals surface area contributed by atoms with E-state index < -0.39 is 0 Å². The lowest BCUT2D eigenvalue weighted by molar-refractivity contribution is -0.133. The summed E-state index contributed by atoms with van der Waals surface area (Å²) in [5.74, 6) is 0.483. The van der Waals surface area contributed by atoms with Crippen LogP contribution < -0.4 is 0 Å². The molecular weight excluding hydrogens is 434 g/mol. The Kier molecular flexibility index (Phi) is 5.68. The second-order valence-electron chi connectivity index (χ2n) is 10.1. The van der Waals surface area contributed by atoms with Crippen molar-refractivity contribution in [3.63, 3.8) is 0 Å². The van der Waals surface area contributed by atoms with E-state index in [0.717, 1.165) is 19.3 Å². The highest BCUT2D eigenvalue weighted by Gasteiger charge is 2.58.